The van der Waals surface area contributed by atoms with Gasteiger partial charge in [-0.05, 0) is 23.8 Å². The Morgan fingerprint density at radius 2 is 1.64 bits per heavy atom. The normalized spacial score (nSPS) is 10.6. The Labute approximate surface area is 160 Å². The summed E-state index contributed by atoms with van der Waals surface area (Å²) in [4.78, 5) is 24.6. The number of hydrogen-bond acceptors (Lipinski definition) is 4. The van der Waals surface area contributed by atoms with Crippen LogP contribution in [-0.4, -0.2) is 25.5 Å². The molecule has 0 bridgehead atoms. The van der Waals surface area contributed by atoms with Crippen molar-refractivity contribution in [3.63, 3.8) is 0 Å². The summed E-state index contributed by atoms with van der Waals surface area (Å²) >= 11 is 0. The molecule has 4 rings (SSSR count). The zero-order valence-electron chi connectivity index (χ0n) is 14.9. The minimum atomic E-state index is -0.413. The molecular formula is C21H17N5O2. The molecule has 138 valence electrons. The molecule has 0 saturated heterocycles. The Balaban J connectivity index is 1.51. The predicted octanol–water partition coefficient (Wildman–Crippen LogP) is 2.73. The highest BCUT2D eigenvalue weighted by atomic mass is 16.2. The summed E-state index contributed by atoms with van der Waals surface area (Å²) in [5, 5.41) is 11.2. The Bertz CT molecular complexity index is 1150. The number of hydrogen-bond donors (Lipinski definition) is 1. The number of rotatable bonds is 5. The summed E-state index contributed by atoms with van der Waals surface area (Å²) in [6.45, 7) is 0.605. The highest BCUT2D eigenvalue weighted by Gasteiger charge is 2.12. The van der Waals surface area contributed by atoms with E-state index in [1.54, 1.807) is 41.3 Å². The van der Waals surface area contributed by atoms with Gasteiger partial charge in [0.2, 0.25) is 0 Å². The lowest BCUT2D eigenvalue weighted by molar-refractivity contribution is 0.102. The van der Waals surface area contributed by atoms with Gasteiger partial charge in [0.05, 0.1) is 24.1 Å². The van der Waals surface area contributed by atoms with Crippen LogP contribution in [0.3, 0.4) is 0 Å². The van der Waals surface area contributed by atoms with Crippen LogP contribution in [0.1, 0.15) is 16.1 Å². The fraction of sp³-hybridized carbons (Fsp3) is 0.0476. The van der Waals surface area contributed by atoms with Crippen LogP contribution in [0.25, 0.3) is 5.69 Å². The third-order valence-electron chi connectivity index (χ3n) is 4.11. The van der Waals surface area contributed by atoms with Crippen molar-refractivity contribution in [1.82, 2.24) is 19.6 Å². The monoisotopic (exact) mass is 371 g/mol. The number of carbonyl (C=O) groups excluding carboxylic acids is 1. The molecule has 0 aliphatic rings. The van der Waals surface area contributed by atoms with Crippen molar-refractivity contribution in [3.05, 3.63) is 107 Å². The van der Waals surface area contributed by atoms with E-state index < -0.39 is 5.91 Å². The van der Waals surface area contributed by atoms with E-state index in [2.05, 4.69) is 15.5 Å². The second-order valence-corrected chi connectivity index (χ2v) is 6.17. The van der Waals surface area contributed by atoms with E-state index in [1.165, 1.54) is 16.8 Å². The summed E-state index contributed by atoms with van der Waals surface area (Å²) in [5.41, 5.74) is 2.09. The molecule has 4 aromatic rings. The van der Waals surface area contributed by atoms with Crippen molar-refractivity contribution < 1.29 is 4.79 Å². The van der Waals surface area contributed by atoms with Gasteiger partial charge in [-0.15, -0.1) is 0 Å². The molecule has 1 amide bonds. The largest absolute Gasteiger partial charge is 0.318 e. The number of aromatic nitrogens is 4. The molecule has 0 fully saturated rings. The zero-order valence-corrected chi connectivity index (χ0v) is 14.9. The van der Waals surface area contributed by atoms with Crippen LogP contribution in [0.2, 0.25) is 0 Å². The smallest absolute Gasteiger partial charge is 0.276 e. The molecule has 7 nitrogen and oxygen atoms in total. The van der Waals surface area contributed by atoms with Gasteiger partial charge >= 0.3 is 0 Å². The molecule has 0 radical (unpaired) electrons. The van der Waals surface area contributed by atoms with Gasteiger partial charge in [0.1, 0.15) is 5.69 Å². The molecule has 0 aliphatic heterocycles. The van der Waals surface area contributed by atoms with Crippen molar-refractivity contribution in [2.75, 3.05) is 5.32 Å². The van der Waals surface area contributed by atoms with Crippen LogP contribution >= 0.6 is 0 Å². The van der Waals surface area contributed by atoms with Gasteiger partial charge in [0, 0.05) is 12.3 Å². The first-order valence-corrected chi connectivity index (χ1v) is 8.72. The zero-order chi connectivity index (χ0) is 19.3. The van der Waals surface area contributed by atoms with Gasteiger partial charge < -0.3 is 5.32 Å². The molecule has 1 N–H and O–H groups in total. The molecule has 0 atom stereocenters. The topological polar surface area (TPSA) is 81.8 Å². The Morgan fingerprint density at radius 1 is 0.929 bits per heavy atom. The third kappa shape index (κ3) is 3.88. The minimum Gasteiger partial charge on any atom is -0.318 e. The predicted molar refractivity (Wildman–Crippen MR) is 106 cm³/mol. The number of carbonyl (C=O) groups is 1. The number of para-hydroxylation sites is 1. The first kappa shape index (κ1) is 17.4. The maximum atomic E-state index is 12.6. The van der Waals surface area contributed by atoms with Gasteiger partial charge in [-0.2, -0.15) is 14.9 Å². The van der Waals surface area contributed by atoms with Crippen LogP contribution < -0.4 is 10.9 Å². The molecule has 0 aliphatic carbocycles. The van der Waals surface area contributed by atoms with Crippen LogP contribution in [0.15, 0.2) is 90.0 Å². The van der Waals surface area contributed by atoms with E-state index in [4.69, 9.17) is 0 Å². The molecule has 0 unspecified atom stereocenters. The highest BCUT2D eigenvalue weighted by molar-refractivity contribution is 6.02. The summed E-state index contributed by atoms with van der Waals surface area (Å²) in [5.74, 6) is -0.413. The van der Waals surface area contributed by atoms with Gasteiger partial charge in [-0.3, -0.25) is 14.3 Å². The fourth-order valence-electron chi connectivity index (χ4n) is 2.77. The van der Waals surface area contributed by atoms with E-state index >= 15 is 0 Å². The van der Waals surface area contributed by atoms with Crippen LogP contribution in [0.4, 0.5) is 5.69 Å². The van der Waals surface area contributed by atoms with Gasteiger partial charge in [0.15, 0.2) is 0 Å². The van der Waals surface area contributed by atoms with E-state index in [0.717, 1.165) is 5.56 Å². The van der Waals surface area contributed by atoms with Crippen molar-refractivity contribution in [1.29, 1.82) is 0 Å². The second kappa shape index (κ2) is 7.71. The third-order valence-corrected chi connectivity index (χ3v) is 4.11. The molecule has 2 heterocycles. The van der Waals surface area contributed by atoms with Gasteiger partial charge in [-0.25, -0.2) is 0 Å². The summed E-state index contributed by atoms with van der Waals surface area (Å²) < 4.78 is 2.94. The van der Waals surface area contributed by atoms with Crippen molar-refractivity contribution >= 4 is 11.6 Å². The van der Waals surface area contributed by atoms with Gasteiger partial charge in [0.25, 0.3) is 11.5 Å². The van der Waals surface area contributed by atoms with Crippen molar-refractivity contribution in [2.24, 2.45) is 0 Å². The Morgan fingerprint density at radius 3 is 2.39 bits per heavy atom. The Hall–Kier alpha value is -4.00. The van der Waals surface area contributed by atoms with Crippen LogP contribution in [0.5, 0.6) is 0 Å². The maximum Gasteiger partial charge on any atom is 0.276 e. The second-order valence-electron chi connectivity index (χ2n) is 6.17. The fourth-order valence-corrected chi connectivity index (χ4v) is 2.77. The van der Waals surface area contributed by atoms with E-state index in [0.29, 0.717) is 17.9 Å². The average molecular weight is 371 g/mol. The first-order chi connectivity index (χ1) is 13.7. The summed E-state index contributed by atoms with van der Waals surface area (Å²) in [7, 11) is 0. The number of amides is 1. The standard InChI is InChI=1S/C21H17N5O2/c27-20-12-11-19(24-26(20)18-9-5-2-6-10-18)21(28)23-17-13-22-25(15-17)14-16-7-3-1-4-8-16/h1-13,15H,14H2,(H,23,28). The molecule has 0 saturated carbocycles. The summed E-state index contributed by atoms with van der Waals surface area (Å²) in [6, 6.07) is 21.6. The van der Waals surface area contributed by atoms with E-state index in [9.17, 15) is 9.59 Å². The number of nitrogens with zero attached hydrogens (tertiary/aromatic N) is 4. The lowest BCUT2D eigenvalue weighted by Crippen LogP contribution is -2.24. The Kier molecular flexibility index (Phi) is 4.79. The maximum absolute atomic E-state index is 12.6. The quantitative estimate of drug-likeness (QED) is 0.585. The molecular weight excluding hydrogens is 354 g/mol. The van der Waals surface area contributed by atoms with Crippen LogP contribution in [0, 0.1) is 0 Å². The lowest BCUT2D eigenvalue weighted by Gasteiger charge is -2.06. The van der Waals surface area contributed by atoms with Crippen molar-refractivity contribution in [2.45, 2.75) is 6.54 Å². The van der Waals surface area contributed by atoms with Gasteiger partial charge in [-0.1, -0.05) is 48.5 Å². The average Bonchev–Trinajstić information content (AvgIpc) is 3.16. The SMILES string of the molecule is O=C(Nc1cnn(Cc2ccccc2)c1)c1ccc(=O)n(-c2ccccc2)n1. The minimum absolute atomic E-state index is 0.138. The molecule has 2 aromatic carbocycles. The number of benzene rings is 2. The highest BCUT2D eigenvalue weighted by Crippen LogP contribution is 2.10. The van der Waals surface area contributed by atoms with E-state index in [-0.39, 0.29) is 11.3 Å². The molecule has 0 spiro atoms. The summed E-state index contributed by atoms with van der Waals surface area (Å²) in [6.07, 6.45) is 3.33. The van der Waals surface area contributed by atoms with E-state index in [1.807, 2.05) is 36.4 Å². The van der Waals surface area contributed by atoms with Crippen LogP contribution in [-0.2, 0) is 6.54 Å². The number of anilines is 1. The molecule has 2 aromatic heterocycles. The molecule has 7 heteroatoms. The lowest BCUT2D eigenvalue weighted by atomic mass is 10.2. The van der Waals surface area contributed by atoms with Crippen molar-refractivity contribution in [3.8, 4) is 5.69 Å². The number of nitrogens with one attached hydrogen (secondary N) is 1. The first-order valence-electron chi connectivity index (χ1n) is 8.72. The molecule has 28 heavy (non-hydrogen) atoms.